The van der Waals surface area contributed by atoms with Crippen LogP contribution in [-0.2, 0) is 10.0 Å². The molecule has 0 aromatic heterocycles. The van der Waals surface area contributed by atoms with Crippen molar-refractivity contribution in [2.24, 2.45) is 0 Å². The lowest BCUT2D eigenvalue weighted by atomic mass is 10.1. The summed E-state index contributed by atoms with van der Waals surface area (Å²) in [5.41, 5.74) is 0.549. The van der Waals surface area contributed by atoms with E-state index in [1.807, 2.05) is 0 Å². The molecule has 25 heavy (non-hydrogen) atoms. The number of nitro benzene ring substituents is 1. The van der Waals surface area contributed by atoms with Crippen molar-refractivity contribution >= 4 is 21.6 Å². The fourth-order valence-corrected chi connectivity index (χ4v) is 3.60. The van der Waals surface area contributed by atoms with Gasteiger partial charge in [0, 0.05) is 56.5 Å². The van der Waals surface area contributed by atoms with E-state index in [0.717, 1.165) is 0 Å². The van der Waals surface area contributed by atoms with Gasteiger partial charge in [-0.3, -0.25) is 19.8 Å². The molecule has 1 aliphatic heterocycles. The molecule has 0 atom stereocenters. The summed E-state index contributed by atoms with van der Waals surface area (Å²) in [6.07, 6.45) is 1.20. The number of sulfonamides is 1. The molecule has 9 nitrogen and oxygen atoms in total. The Morgan fingerprint density at radius 1 is 1.28 bits per heavy atom. The number of benzene rings is 1. The smallest absolute Gasteiger partial charge is 0.273 e. The lowest BCUT2D eigenvalue weighted by molar-refractivity contribution is -0.385. The highest BCUT2D eigenvalue weighted by atomic mass is 32.2. The number of nitrogens with one attached hydrogen (secondary N) is 1. The van der Waals surface area contributed by atoms with Crippen LogP contribution in [0.3, 0.4) is 0 Å². The Hall–Kier alpha value is -2.04. The Bertz CT molecular complexity index is 757. The van der Waals surface area contributed by atoms with E-state index in [1.54, 1.807) is 13.0 Å². The monoisotopic (exact) mass is 370 g/mol. The van der Waals surface area contributed by atoms with Crippen molar-refractivity contribution in [1.82, 2.24) is 14.5 Å². The molecule has 0 saturated carbocycles. The van der Waals surface area contributed by atoms with Crippen LogP contribution in [0.1, 0.15) is 15.9 Å². The number of amides is 1. The van der Waals surface area contributed by atoms with Gasteiger partial charge in [-0.1, -0.05) is 6.07 Å². The zero-order valence-corrected chi connectivity index (χ0v) is 15.1. The molecule has 138 valence electrons. The Morgan fingerprint density at radius 3 is 2.48 bits per heavy atom. The first kappa shape index (κ1) is 19.3. The Balaban J connectivity index is 1.84. The fraction of sp³-hybridized carbons (Fsp3) is 0.533. The van der Waals surface area contributed by atoms with Crippen LogP contribution < -0.4 is 5.32 Å². The quantitative estimate of drug-likeness (QED) is 0.566. The molecule has 0 radical (unpaired) electrons. The lowest BCUT2D eigenvalue weighted by Crippen LogP contribution is -2.49. The van der Waals surface area contributed by atoms with Crippen LogP contribution in [0.4, 0.5) is 5.69 Å². The maximum atomic E-state index is 12.2. The first-order valence-electron chi connectivity index (χ1n) is 7.90. The predicted molar refractivity (Wildman–Crippen MR) is 93.0 cm³/mol. The van der Waals surface area contributed by atoms with Gasteiger partial charge in [0.15, 0.2) is 0 Å². The van der Waals surface area contributed by atoms with Crippen molar-refractivity contribution in [2.45, 2.75) is 6.92 Å². The summed E-state index contributed by atoms with van der Waals surface area (Å²) in [6.45, 7) is 4.64. The number of nitro groups is 1. The van der Waals surface area contributed by atoms with E-state index in [-0.39, 0.29) is 17.2 Å². The number of carbonyl (C=O) groups is 1. The molecule has 1 fully saturated rings. The van der Waals surface area contributed by atoms with Crippen molar-refractivity contribution in [3.05, 3.63) is 39.4 Å². The zero-order valence-electron chi connectivity index (χ0n) is 14.3. The second-order valence-electron chi connectivity index (χ2n) is 5.97. The normalized spacial score (nSPS) is 16.6. The Kier molecular flexibility index (Phi) is 6.09. The highest BCUT2D eigenvalue weighted by Crippen LogP contribution is 2.20. The molecule has 1 amide bonds. The highest BCUT2D eigenvalue weighted by molar-refractivity contribution is 7.88. The molecular weight excluding hydrogens is 348 g/mol. The topological polar surface area (TPSA) is 113 Å². The Labute approximate surface area is 146 Å². The van der Waals surface area contributed by atoms with Crippen molar-refractivity contribution in [1.29, 1.82) is 0 Å². The van der Waals surface area contributed by atoms with Crippen LogP contribution >= 0.6 is 0 Å². The summed E-state index contributed by atoms with van der Waals surface area (Å²) in [5.74, 6) is -0.351. The maximum absolute atomic E-state index is 12.2. The van der Waals surface area contributed by atoms with Gasteiger partial charge in [-0.2, -0.15) is 4.31 Å². The van der Waals surface area contributed by atoms with Crippen molar-refractivity contribution in [3.63, 3.8) is 0 Å². The van der Waals surface area contributed by atoms with Crippen molar-refractivity contribution in [3.8, 4) is 0 Å². The molecule has 1 aromatic rings. The van der Waals surface area contributed by atoms with E-state index in [0.29, 0.717) is 44.8 Å². The van der Waals surface area contributed by atoms with Gasteiger partial charge in [0.05, 0.1) is 11.2 Å². The minimum Gasteiger partial charge on any atom is -0.351 e. The van der Waals surface area contributed by atoms with E-state index < -0.39 is 14.9 Å². The van der Waals surface area contributed by atoms with Gasteiger partial charge in [-0.05, 0) is 13.0 Å². The van der Waals surface area contributed by atoms with Gasteiger partial charge in [0.2, 0.25) is 10.0 Å². The average molecular weight is 370 g/mol. The molecule has 10 heteroatoms. The van der Waals surface area contributed by atoms with Crippen LogP contribution in [0.2, 0.25) is 0 Å². The number of piperazine rings is 1. The molecule has 1 aliphatic rings. The third-order valence-electron chi connectivity index (χ3n) is 4.26. The first-order valence-corrected chi connectivity index (χ1v) is 9.74. The lowest BCUT2D eigenvalue weighted by Gasteiger charge is -2.33. The van der Waals surface area contributed by atoms with E-state index in [9.17, 15) is 23.3 Å². The molecule has 0 unspecified atom stereocenters. The molecule has 0 bridgehead atoms. The molecule has 1 saturated heterocycles. The SMILES string of the molecule is Cc1c(C(=O)NCCN2CCN(S(C)(=O)=O)CC2)cccc1[N+](=O)[O-]. The third kappa shape index (κ3) is 4.97. The molecule has 1 heterocycles. The third-order valence-corrected chi connectivity index (χ3v) is 5.56. The summed E-state index contributed by atoms with van der Waals surface area (Å²) >= 11 is 0. The molecule has 2 rings (SSSR count). The Morgan fingerprint density at radius 2 is 1.92 bits per heavy atom. The summed E-state index contributed by atoms with van der Waals surface area (Å²) in [4.78, 5) is 24.7. The van der Waals surface area contributed by atoms with Gasteiger partial charge in [-0.15, -0.1) is 0 Å². The van der Waals surface area contributed by atoms with Crippen LogP contribution in [0, 0.1) is 17.0 Å². The second-order valence-corrected chi connectivity index (χ2v) is 7.95. The first-order chi connectivity index (χ1) is 11.7. The molecule has 0 spiro atoms. The average Bonchev–Trinajstić information content (AvgIpc) is 2.54. The number of nitrogens with zero attached hydrogens (tertiary/aromatic N) is 3. The summed E-state index contributed by atoms with van der Waals surface area (Å²) in [5, 5.41) is 13.7. The van der Waals surface area contributed by atoms with Gasteiger partial charge < -0.3 is 5.32 Å². The van der Waals surface area contributed by atoms with Gasteiger partial charge in [0.1, 0.15) is 0 Å². The van der Waals surface area contributed by atoms with Crippen molar-refractivity contribution in [2.75, 3.05) is 45.5 Å². The standard InChI is InChI=1S/C15H22N4O5S/c1-12-13(4-3-5-14(12)19(21)22)15(20)16-6-7-17-8-10-18(11-9-17)25(2,23)24/h3-5H,6-11H2,1-2H3,(H,16,20). The number of rotatable bonds is 6. The summed E-state index contributed by atoms with van der Waals surface area (Å²) in [6, 6.07) is 4.42. The highest BCUT2D eigenvalue weighted by Gasteiger charge is 2.23. The van der Waals surface area contributed by atoms with Crippen LogP contribution in [0.5, 0.6) is 0 Å². The molecule has 1 aromatic carbocycles. The van der Waals surface area contributed by atoms with E-state index in [2.05, 4.69) is 10.2 Å². The van der Waals surface area contributed by atoms with E-state index in [1.165, 1.54) is 22.7 Å². The van der Waals surface area contributed by atoms with E-state index >= 15 is 0 Å². The number of hydrogen-bond donors (Lipinski definition) is 1. The van der Waals surface area contributed by atoms with Crippen LogP contribution in [-0.4, -0.2) is 74.0 Å². The van der Waals surface area contributed by atoms with Crippen LogP contribution in [0.25, 0.3) is 0 Å². The number of carbonyl (C=O) groups excluding carboxylic acids is 1. The minimum atomic E-state index is -3.15. The largest absolute Gasteiger partial charge is 0.351 e. The van der Waals surface area contributed by atoms with Crippen molar-refractivity contribution < 1.29 is 18.1 Å². The van der Waals surface area contributed by atoms with Gasteiger partial charge in [-0.25, -0.2) is 8.42 Å². The van der Waals surface area contributed by atoms with Gasteiger partial charge >= 0.3 is 0 Å². The summed E-state index contributed by atoms with van der Waals surface area (Å²) in [7, 11) is -3.15. The fourth-order valence-electron chi connectivity index (χ4n) is 2.77. The zero-order chi connectivity index (χ0) is 18.6. The minimum absolute atomic E-state index is 0.0791. The second kappa shape index (κ2) is 7.89. The maximum Gasteiger partial charge on any atom is 0.273 e. The number of hydrogen-bond acceptors (Lipinski definition) is 6. The molecular formula is C15H22N4O5S. The van der Waals surface area contributed by atoms with Gasteiger partial charge in [0.25, 0.3) is 11.6 Å². The van der Waals surface area contributed by atoms with Crippen LogP contribution in [0.15, 0.2) is 18.2 Å². The molecule has 0 aliphatic carbocycles. The molecule has 1 N–H and O–H groups in total. The predicted octanol–water partition coefficient (Wildman–Crippen LogP) is 0.210. The summed E-state index contributed by atoms with van der Waals surface area (Å²) < 4.78 is 24.4. The van der Waals surface area contributed by atoms with E-state index in [4.69, 9.17) is 0 Å².